The maximum Gasteiger partial charge on any atom is 0.0198 e. The highest BCUT2D eigenvalue weighted by Crippen LogP contribution is 2.36. The molecule has 0 aromatic rings. The Labute approximate surface area is 113 Å². The van der Waals surface area contributed by atoms with Crippen LogP contribution in [0.4, 0.5) is 0 Å². The van der Waals surface area contributed by atoms with Gasteiger partial charge < -0.3 is 5.32 Å². The minimum absolute atomic E-state index is 0.760. The van der Waals surface area contributed by atoms with Crippen molar-refractivity contribution in [3.63, 3.8) is 0 Å². The molecular weight excluding hydrogens is 220 g/mol. The standard InChI is InChI=1S/C16H30N2/c1-12-8-16(17-9-14-4-3-5-14)11-18(10-12)13(2)15-6-7-15/h12-17H,3-11H2,1-2H3. The van der Waals surface area contributed by atoms with Crippen molar-refractivity contribution in [2.75, 3.05) is 19.6 Å². The van der Waals surface area contributed by atoms with E-state index in [1.807, 2.05) is 0 Å². The molecular formula is C16H30N2. The van der Waals surface area contributed by atoms with Crippen LogP contribution in [-0.2, 0) is 0 Å². The Bertz CT molecular complexity index is 270. The highest BCUT2D eigenvalue weighted by molar-refractivity contribution is 4.91. The summed E-state index contributed by atoms with van der Waals surface area (Å²) >= 11 is 0. The molecule has 1 heterocycles. The monoisotopic (exact) mass is 250 g/mol. The molecule has 1 N–H and O–H groups in total. The van der Waals surface area contributed by atoms with E-state index in [1.165, 1.54) is 58.2 Å². The van der Waals surface area contributed by atoms with Crippen LogP contribution in [0, 0.1) is 17.8 Å². The van der Waals surface area contributed by atoms with Gasteiger partial charge in [0.25, 0.3) is 0 Å². The Hall–Kier alpha value is -0.0800. The van der Waals surface area contributed by atoms with Gasteiger partial charge in [0.2, 0.25) is 0 Å². The summed E-state index contributed by atoms with van der Waals surface area (Å²) in [5, 5.41) is 3.86. The quantitative estimate of drug-likeness (QED) is 0.807. The molecule has 104 valence electrons. The van der Waals surface area contributed by atoms with E-state index in [0.29, 0.717) is 0 Å². The Morgan fingerprint density at radius 3 is 2.56 bits per heavy atom. The van der Waals surface area contributed by atoms with Crippen LogP contribution in [0.25, 0.3) is 0 Å². The zero-order valence-electron chi connectivity index (χ0n) is 12.2. The zero-order valence-corrected chi connectivity index (χ0v) is 12.2. The summed E-state index contributed by atoms with van der Waals surface area (Å²) in [6.07, 6.45) is 8.76. The first kappa shape index (κ1) is 12.9. The van der Waals surface area contributed by atoms with Crippen molar-refractivity contribution in [1.82, 2.24) is 10.2 Å². The van der Waals surface area contributed by atoms with Crippen LogP contribution in [0.3, 0.4) is 0 Å². The number of rotatable bonds is 5. The van der Waals surface area contributed by atoms with E-state index in [-0.39, 0.29) is 0 Å². The van der Waals surface area contributed by atoms with Gasteiger partial charge in [0, 0.05) is 25.2 Å². The third-order valence-corrected chi connectivity index (χ3v) is 5.49. The lowest BCUT2D eigenvalue weighted by Gasteiger charge is -2.41. The van der Waals surface area contributed by atoms with E-state index in [0.717, 1.165) is 29.8 Å². The summed E-state index contributed by atoms with van der Waals surface area (Å²) in [5.74, 6) is 2.89. The topological polar surface area (TPSA) is 15.3 Å². The molecule has 3 fully saturated rings. The summed E-state index contributed by atoms with van der Waals surface area (Å²) in [7, 11) is 0. The number of piperidine rings is 1. The van der Waals surface area contributed by atoms with E-state index < -0.39 is 0 Å². The number of likely N-dealkylation sites (tertiary alicyclic amines) is 1. The lowest BCUT2D eigenvalue weighted by Crippen LogP contribution is -2.53. The molecule has 3 rings (SSSR count). The van der Waals surface area contributed by atoms with Crippen molar-refractivity contribution < 1.29 is 0 Å². The van der Waals surface area contributed by atoms with Crippen molar-refractivity contribution in [3.05, 3.63) is 0 Å². The molecule has 0 aromatic heterocycles. The predicted molar refractivity (Wildman–Crippen MR) is 76.7 cm³/mol. The SMILES string of the molecule is CC1CC(NCC2CCC2)CN(C(C)C2CC2)C1. The van der Waals surface area contributed by atoms with Gasteiger partial charge in [0.05, 0.1) is 0 Å². The van der Waals surface area contributed by atoms with Gasteiger partial charge in [-0.3, -0.25) is 4.90 Å². The van der Waals surface area contributed by atoms with Gasteiger partial charge in [-0.1, -0.05) is 13.3 Å². The molecule has 0 bridgehead atoms. The van der Waals surface area contributed by atoms with Gasteiger partial charge in [0.1, 0.15) is 0 Å². The average molecular weight is 250 g/mol. The van der Waals surface area contributed by atoms with E-state index >= 15 is 0 Å². The van der Waals surface area contributed by atoms with Gasteiger partial charge in [0.15, 0.2) is 0 Å². The molecule has 3 unspecified atom stereocenters. The van der Waals surface area contributed by atoms with Crippen LogP contribution in [0.1, 0.15) is 52.4 Å². The molecule has 3 aliphatic rings. The third kappa shape index (κ3) is 3.08. The van der Waals surface area contributed by atoms with E-state index in [4.69, 9.17) is 0 Å². The fourth-order valence-electron chi connectivity index (χ4n) is 3.78. The average Bonchev–Trinajstić information content (AvgIpc) is 3.09. The molecule has 2 saturated carbocycles. The van der Waals surface area contributed by atoms with E-state index in [2.05, 4.69) is 24.1 Å². The number of hydrogen-bond donors (Lipinski definition) is 1. The summed E-state index contributed by atoms with van der Waals surface area (Å²) in [4.78, 5) is 2.77. The lowest BCUT2D eigenvalue weighted by atomic mass is 9.85. The Balaban J connectivity index is 1.47. The van der Waals surface area contributed by atoms with Crippen molar-refractivity contribution in [1.29, 1.82) is 0 Å². The second-order valence-electron chi connectivity index (χ2n) is 7.27. The molecule has 0 amide bonds. The van der Waals surface area contributed by atoms with Gasteiger partial charge in [-0.15, -0.1) is 0 Å². The molecule has 0 radical (unpaired) electrons. The van der Waals surface area contributed by atoms with Crippen LogP contribution in [-0.4, -0.2) is 36.6 Å². The maximum atomic E-state index is 3.86. The minimum atomic E-state index is 0.760. The first-order valence-corrected chi connectivity index (χ1v) is 8.20. The van der Waals surface area contributed by atoms with Crippen molar-refractivity contribution >= 4 is 0 Å². The second kappa shape index (κ2) is 5.50. The summed E-state index contributed by atoms with van der Waals surface area (Å²) < 4.78 is 0. The molecule has 0 spiro atoms. The molecule has 2 heteroatoms. The van der Waals surface area contributed by atoms with Crippen LogP contribution in [0.15, 0.2) is 0 Å². The highest BCUT2D eigenvalue weighted by Gasteiger charge is 2.35. The van der Waals surface area contributed by atoms with Gasteiger partial charge >= 0.3 is 0 Å². The Kier molecular flexibility index (Phi) is 3.95. The summed E-state index contributed by atoms with van der Waals surface area (Å²) in [6, 6.07) is 1.59. The van der Waals surface area contributed by atoms with Gasteiger partial charge in [-0.25, -0.2) is 0 Å². The first-order valence-electron chi connectivity index (χ1n) is 8.20. The normalized spacial score (nSPS) is 36.3. The third-order valence-electron chi connectivity index (χ3n) is 5.49. The van der Waals surface area contributed by atoms with E-state index in [1.54, 1.807) is 0 Å². The fraction of sp³-hybridized carbons (Fsp3) is 1.00. The smallest absolute Gasteiger partial charge is 0.0198 e. The van der Waals surface area contributed by atoms with Crippen LogP contribution in [0.2, 0.25) is 0 Å². The first-order chi connectivity index (χ1) is 8.72. The number of nitrogens with one attached hydrogen (secondary N) is 1. The molecule has 0 aromatic carbocycles. The fourth-order valence-corrected chi connectivity index (χ4v) is 3.78. The van der Waals surface area contributed by atoms with E-state index in [9.17, 15) is 0 Å². The van der Waals surface area contributed by atoms with Crippen molar-refractivity contribution in [2.24, 2.45) is 17.8 Å². The van der Waals surface area contributed by atoms with Crippen LogP contribution < -0.4 is 5.32 Å². The molecule has 2 nitrogen and oxygen atoms in total. The molecule has 2 aliphatic carbocycles. The minimum Gasteiger partial charge on any atom is -0.312 e. The maximum absolute atomic E-state index is 3.86. The predicted octanol–water partition coefficient (Wildman–Crippen LogP) is 2.89. The lowest BCUT2D eigenvalue weighted by molar-refractivity contribution is 0.0969. The molecule has 1 aliphatic heterocycles. The van der Waals surface area contributed by atoms with Gasteiger partial charge in [-0.05, 0) is 63.3 Å². The molecule has 18 heavy (non-hydrogen) atoms. The Morgan fingerprint density at radius 2 is 1.94 bits per heavy atom. The Morgan fingerprint density at radius 1 is 1.17 bits per heavy atom. The largest absolute Gasteiger partial charge is 0.312 e. The zero-order chi connectivity index (χ0) is 12.5. The number of hydrogen-bond acceptors (Lipinski definition) is 2. The van der Waals surface area contributed by atoms with Gasteiger partial charge in [-0.2, -0.15) is 0 Å². The van der Waals surface area contributed by atoms with Crippen LogP contribution >= 0.6 is 0 Å². The number of nitrogens with zero attached hydrogens (tertiary/aromatic N) is 1. The van der Waals surface area contributed by atoms with Crippen molar-refractivity contribution in [3.8, 4) is 0 Å². The van der Waals surface area contributed by atoms with Crippen LogP contribution in [0.5, 0.6) is 0 Å². The summed E-state index contributed by atoms with van der Waals surface area (Å²) in [6.45, 7) is 8.81. The highest BCUT2D eigenvalue weighted by atomic mass is 15.2. The summed E-state index contributed by atoms with van der Waals surface area (Å²) in [5.41, 5.74) is 0. The molecule has 1 saturated heterocycles. The van der Waals surface area contributed by atoms with Crippen molar-refractivity contribution in [2.45, 2.75) is 64.5 Å². The molecule has 3 atom stereocenters. The second-order valence-corrected chi connectivity index (χ2v) is 7.27.